The fraction of sp³-hybridized carbons (Fsp3) is 0.333. The van der Waals surface area contributed by atoms with Gasteiger partial charge in [-0.3, -0.25) is 0 Å². The maximum Gasteiger partial charge on any atom is 0.413 e. The van der Waals surface area contributed by atoms with Gasteiger partial charge >= 0.3 is 6.18 Å². The molecule has 0 unspecified atom stereocenters. The number of methoxy groups -OCH3 is 1. The first-order valence-electron chi connectivity index (χ1n) is 4.01. The molecule has 1 aromatic carbocycles. The number of halogens is 3. The van der Waals surface area contributed by atoms with Crippen molar-refractivity contribution in [1.82, 2.24) is 0 Å². The highest BCUT2D eigenvalue weighted by molar-refractivity contribution is 7.94. The van der Waals surface area contributed by atoms with Crippen LogP contribution in [-0.4, -0.2) is 19.9 Å². The van der Waals surface area contributed by atoms with Crippen LogP contribution in [0.15, 0.2) is 29.2 Å². The predicted molar refractivity (Wildman–Crippen MR) is 50.9 cm³/mol. The maximum absolute atomic E-state index is 11.7. The van der Waals surface area contributed by atoms with E-state index in [-0.39, 0.29) is 0 Å². The second-order valence-corrected chi connectivity index (χ2v) is 3.51. The zero-order valence-electron chi connectivity index (χ0n) is 7.88. The van der Waals surface area contributed by atoms with Crippen LogP contribution in [0, 0.1) is 0 Å². The molecule has 0 bridgehead atoms. The molecular weight excluding hydrogens is 229 g/mol. The topological polar surface area (TPSA) is 18.5 Å². The van der Waals surface area contributed by atoms with Crippen LogP contribution in [0.3, 0.4) is 0 Å². The second kappa shape index (κ2) is 5.27. The van der Waals surface area contributed by atoms with Gasteiger partial charge in [0, 0.05) is 16.9 Å². The third-order valence-corrected chi connectivity index (χ3v) is 2.14. The molecule has 15 heavy (non-hydrogen) atoms. The quantitative estimate of drug-likeness (QED) is 0.750. The largest absolute Gasteiger partial charge is 0.497 e. The minimum absolute atomic E-state index is 0.597. The summed E-state index contributed by atoms with van der Waals surface area (Å²) in [5.41, 5.74) is 0. The van der Waals surface area contributed by atoms with Crippen LogP contribution in [0.5, 0.6) is 5.75 Å². The fourth-order valence-corrected chi connectivity index (χ4v) is 1.37. The molecule has 0 aromatic heterocycles. The highest BCUT2D eigenvalue weighted by Crippen LogP contribution is 2.25. The van der Waals surface area contributed by atoms with Crippen molar-refractivity contribution in [2.24, 2.45) is 0 Å². The van der Waals surface area contributed by atoms with Gasteiger partial charge in [-0.05, 0) is 24.3 Å². The highest BCUT2D eigenvalue weighted by atomic mass is 32.2. The minimum atomic E-state index is -4.29. The van der Waals surface area contributed by atoms with Gasteiger partial charge in [0.15, 0.2) is 6.61 Å². The van der Waals surface area contributed by atoms with E-state index in [0.717, 1.165) is 0 Å². The molecule has 0 heterocycles. The lowest BCUT2D eigenvalue weighted by Crippen LogP contribution is -2.14. The average Bonchev–Trinajstić information content (AvgIpc) is 2.17. The van der Waals surface area contributed by atoms with E-state index in [2.05, 4.69) is 4.18 Å². The molecule has 84 valence electrons. The number of benzene rings is 1. The van der Waals surface area contributed by atoms with Crippen LogP contribution in [0.1, 0.15) is 0 Å². The van der Waals surface area contributed by atoms with Crippen molar-refractivity contribution < 1.29 is 22.1 Å². The molecule has 0 radical (unpaired) electrons. The van der Waals surface area contributed by atoms with Crippen molar-refractivity contribution in [2.45, 2.75) is 11.1 Å². The first kappa shape index (κ1) is 12.2. The first-order valence-corrected chi connectivity index (χ1v) is 4.76. The van der Waals surface area contributed by atoms with E-state index in [4.69, 9.17) is 4.74 Å². The summed E-state index contributed by atoms with van der Waals surface area (Å²) < 4.78 is 44.5. The summed E-state index contributed by atoms with van der Waals surface area (Å²) in [4.78, 5) is 0.597. The Balaban J connectivity index is 2.38. The Morgan fingerprint density at radius 1 is 1.20 bits per heavy atom. The Hall–Kier alpha value is -0.880. The van der Waals surface area contributed by atoms with Crippen LogP contribution in [0.25, 0.3) is 0 Å². The molecule has 0 aliphatic carbocycles. The Kier molecular flexibility index (Phi) is 4.28. The zero-order chi connectivity index (χ0) is 11.3. The van der Waals surface area contributed by atoms with Gasteiger partial charge in [-0.2, -0.15) is 13.2 Å². The molecule has 0 N–H and O–H groups in total. The van der Waals surface area contributed by atoms with Crippen molar-refractivity contribution in [3.63, 3.8) is 0 Å². The van der Waals surface area contributed by atoms with E-state index in [9.17, 15) is 13.2 Å². The molecule has 0 saturated heterocycles. The Morgan fingerprint density at radius 3 is 2.27 bits per heavy atom. The molecular formula is C9H9F3O2S. The Morgan fingerprint density at radius 2 is 1.80 bits per heavy atom. The number of alkyl halides is 3. The van der Waals surface area contributed by atoms with Crippen molar-refractivity contribution in [3.8, 4) is 5.75 Å². The van der Waals surface area contributed by atoms with Gasteiger partial charge in [-0.25, -0.2) is 0 Å². The lowest BCUT2D eigenvalue weighted by molar-refractivity contribution is -0.150. The molecule has 1 aromatic rings. The van der Waals surface area contributed by atoms with E-state index in [1.54, 1.807) is 24.3 Å². The molecule has 6 heteroatoms. The zero-order valence-corrected chi connectivity index (χ0v) is 8.69. The van der Waals surface area contributed by atoms with Gasteiger partial charge in [-0.15, -0.1) is 0 Å². The number of rotatable bonds is 4. The van der Waals surface area contributed by atoms with E-state index in [1.807, 2.05) is 0 Å². The SMILES string of the molecule is COc1ccc(SOCC(F)(F)F)cc1. The van der Waals surface area contributed by atoms with Crippen molar-refractivity contribution >= 4 is 12.0 Å². The fourth-order valence-electron chi connectivity index (χ4n) is 0.796. The summed E-state index contributed by atoms with van der Waals surface area (Å²) in [5.74, 6) is 0.648. The van der Waals surface area contributed by atoms with E-state index in [0.29, 0.717) is 22.7 Å². The van der Waals surface area contributed by atoms with Crippen molar-refractivity contribution in [2.75, 3.05) is 13.7 Å². The van der Waals surface area contributed by atoms with Gasteiger partial charge in [0.1, 0.15) is 5.75 Å². The third kappa shape index (κ3) is 4.94. The van der Waals surface area contributed by atoms with Gasteiger partial charge in [-0.1, -0.05) is 0 Å². The molecule has 0 atom stereocenters. The maximum atomic E-state index is 11.7. The molecule has 0 amide bonds. The van der Waals surface area contributed by atoms with E-state index >= 15 is 0 Å². The standard InChI is InChI=1S/C9H9F3O2S/c1-13-7-2-4-8(5-3-7)15-14-6-9(10,11)12/h2-5H,6H2,1H3. The van der Waals surface area contributed by atoms with Crippen LogP contribution < -0.4 is 4.74 Å². The number of hydrogen-bond donors (Lipinski definition) is 0. The summed E-state index contributed by atoms with van der Waals surface area (Å²) in [7, 11) is 1.52. The average molecular weight is 238 g/mol. The highest BCUT2D eigenvalue weighted by Gasteiger charge is 2.27. The summed E-state index contributed by atoms with van der Waals surface area (Å²) in [5, 5.41) is 0. The third-order valence-electron chi connectivity index (χ3n) is 1.44. The molecule has 2 nitrogen and oxygen atoms in total. The number of ether oxygens (including phenoxy) is 1. The molecule has 0 spiro atoms. The second-order valence-electron chi connectivity index (χ2n) is 2.64. The van der Waals surface area contributed by atoms with Crippen LogP contribution in [0.2, 0.25) is 0 Å². The normalized spacial score (nSPS) is 11.5. The van der Waals surface area contributed by atoms with Crippen molar-refractivity contribution in [1.29, 1.82) is 0 Å². The summed E-state index contributed by atoms with van der Waals surface area (Å²) in [6, 6.07) is 6.55. The van der Waals surface area contributed by atoms with Gasteiger partial charge in [0.25, 0.3) is 0 Å². The molecule has 0 aliphatic heterocycles. The van der Waals surface area contributed by atoms with Gasteiger partial charge < -0.3 is 8.92 Å². The predicted octanol–water partition coefficient (Wildman–Crippen LogP) is 3.28. The summed E-state index contributed by atoms with van der Waals surface area (Å²) >= 11 is 0.691. The Labute approximate surface area is 89.6 Å². The Bertz CT molecular complexity index is 297. The van der Waals surface area contributed by atoms with Crippen LogP contribution >= 0.6 is 12.0 Å². The van der Waals surface area contributed by atoms with Crippen molar-refractivity contribution in [3.05, 3.63) is 24.3 Å². The monoisotopic (exact) mass is 238 g/mol. The van der Waals surface area contributed by atoms with E-state index < -0.39 is 12.8 Å². The van der Waals surface area contributed by atoms with Crippen LogP contribution in [-0.2, 0) is 4.18 Å². The number of hydrogen-bond acceptors (Lipinski definition) is 3. The van der Waals surface area contributed by atoms with Gasteiger partial charge in [0.05, 0.1) is 7.11 Å². The summed E-state index contributed by atoms with van der Waals surface area (Å²) in [6.07, 6.45) is -4.29. The minimum Gasteiger partial charge on any atom is -0.497 e. The van der Waals surface area contributed by atoms with Gasteiger partial charge in [0.2, 0.25) is 0 Å². The smallest absolute Gasteiger partial charge is 0.413 e. The molecule has 0 saturated carbocycles. The van der Waals surface area contributed by atoms with E-state index in [1.165, 1.54) is 7.11 Å². The first-order chi connectivity index (χ1) is 7.01. The molecule has 1 rings (SSSR count). The molecule has 0 aliphatic rings. The molecule has 0 fully saturated rings. The summed E-state index contributed by atoms with van der Waals surface area (Å²) in [6.45, 7) is -1.26. The van der Waals surface area contributed by atoms with Crippen LogP contribution in [0.4, 0.5) is 13.2 Å². The lowest BCUT2D eigenvalue weighted by atomic mass is 10.3. The lowest BCUT2D eigenvalue weighted by Gasteiger charge is -2.06.